The zero-order chi connectivity index (χ0) is 13.1. The minimum Gasteiger partial charge on any atom is -0.251 e. The molecule has 18 heavy (non-hydrogen) atoms. The first-order chi connectivity index (χ1) is 8.56. The molecule has 0 aliphatic heterocycles. The molecule has 2 aromatic rings. The number of benzene rings is 1. The van der Waals surface area contributed by atoms with Gasteiger partial charge in [-0.15, -0.1) is 0 Å². The predicted octanol–water partition coefficient (Wildman–Crippen LogP) is 2.54. The van der Waals surface area contributed by atoms with Crippen molar-refractivity contribution in [2.24, 2.45) is 0 Å². The topological polar surface area (TPSA) is 42.9 Å². The van der Waals surface area contributed by atoms with Crippen LogP contribution in [0.3, 0.4) is 0 Å². The van der Waals surface area contributed by atoms with E-state index < -0.39 is 10.8 Å². The number of hydrogen-bond acceptors (Lipinski definition) is 3. The van der Waals surface area contributed by atoms with Crippen molar-refractivity contribution in [3.63, 3.8) is 0 Å². The van der Waals surface area contributed by atoms with Gasteiger partial charge >= 0.3 is 0 Å². The summed E-state index contributed by atoms with van der Waals surface area (Å²) in [6, 6.07) is 5.95. The molecule has 1 aromatic carbocycles. The molecule has 5 heteroatoms. The molecule has 0 bridgehead atoms. The number of rotatable bonds is 3. The van der Waals surface area contributed by atoms with Gasteiger partial charge in [0.2, 0.25) is 5.16 Å². The van der Waals surface area contributed by atoms with E-state index in [9.17, 15) is 8.60 Å². The molecule has 0 aliphatic carbocycles. The summed E-state index contributed by atoms with van der Waals surface area (Å²) in [6.45, 7) is 3.76. The van der Waals surface area contributed by atoms with E-state index in [4.69, 9.17) is 0 Å². The molecule has 0 radical (unpaired) electrons. The summed E-state index contributed by atoms with van der Waals surface area (Å²) >= 11 is 0. The van der Waals surface area contributed by atoms with E-state index in [0.717, 1.165) is 16.8 Å². The van der Waals surface area contributed by atoms with Gasteiger partial charge in [0.15, 0.2) is 0 Å². The Morgan fingerprint density at radius 2 is 1.89 bits per heavy atom. The fourth-order valence-corrected chi connectivity index (χ4v) is 2.45. The highest BCUT2D eigenvalue weighted by molar-refractivity contribution is 7.84. The standard InChI is InChI=1S/C13H13FN2OS/c1-9-7-15-13(16-10(9)2)18(17)8-11-3-5-12(14)6-4-11/h3-7H,8H2,1-2H3. The molecule has 2 rings (SSSR count). The zero-order valence-electron chi connectivity index (χ0n) is 10.2. The van der Waals surface area contributed by atoms with Gasteiger partial charge in [-0.2, -0.15) is 0 Å². The molecule has 0 fully saturated rings. The summed E-state index contributed by atoms with van der Waals surface area (Å²) < 4.78 is 24.8. The van der Waals surface area contributed by atoms with Crippen LogP contribution in [0.1, 0.15) is 16.8 Å². The van der Waals surface area contributed by atoms with Crippen LogP contribution in [0.15, 0.2) is 35.6 Å². The Kier molecular flexibility index (Phi) is 3.81. The van der Waals surface area contributed by atoms with Crippen LogP contribution in [0, 0.1) is 19.7 Å². The zero-order valence-corrected chi connectivity index (χ0v) is 11.0. The van der Waals surface area contributed by atoms with Crippen molar-refractivity contribution in [3.05, 3.63) is 53.1 Å². The van der Waals surface area contributed by atoms with Gasteiger partial charge in [0.1, 0.15) is 5.82 Å². The van der Waals surface area contributed by atoms with E-state index in [0.29, 0.717) is 10.9 Å². The van der Waals surface area contributed by atoms with E-state index in [1.165, 1.54) is 12.1 Å². The van der Waals surface area contributed by atoms with Crippen molar-refractivity contribution in [1.29, 1.82) is 0 Å². The molecular formula is C13H13FN2OS. The summed E-state index contributed by atoms with van der Waals surface area (Å²) in [5.74, 6) is -0.00468. The van der Waals surface area contributed by atoms with Gasteiger partial charge in [-0.25, -0.2) is 14.4 Å². The molecule has 0 N–H and O–H groups in total. The molecular weight excluding hydrogens is 251 g/mol. The maximum absolute atomic E-state index is 12.7. The fraction of sp³-hybridized carbons (Fsp3) is 0.231. The monoisotopic (exact) mass is 264 g/mol. The summed E-state index contributed by atoms with van der Waals surface area (Å²) in [6.07, 6.45) is 1.67. The van der Waals surface area contributed by atoms with Crippen LogP contribution in [0.25, 0.3) is 0 Å². The first-order valence-corrected chi connectivity index (χ1v) is 6.81. The van der Waals surface area contributed by atoms with Crippen LogP contribution in [0.4, 0.5) is 4.39 Å². The molecule has 3 nitrogen and oxygen atoms in total. The third-order valence-electron chi connectivity index (χ3n) is 2.62. The van der Waals surface area contributed by atoms with Crippen LogP contribution >= 0.6 is 0 Å². The number of halogens is 1. The van der Waals surface area contributed by atoms with Crippen LogP contribution in [0.2, 0.25) is 0 Å². The maximum atomic E-state index is 12.7. The lowest BCUT2D eigenvalue weighted by atomic mass is 10.2. The molecule has 0 aliphatic rings. The van der Waals surface area contributed by atoms with Gasteiger partial charge in [-0.05, 0) is 37.1 Å². The molecule has 0 saturated carbocycles. The normalized spacial score (nSPS) is 12.4. The van der Waals surface area contributed by atoms with Crippen molar-refractivity contribution in [1.82, 2.24) is 9.97 Å². The number of hydrogen-bond donors (Lipinski definition) is 0. The Bertz CT molecular complexity index is 584. The quantitative estimate of drug-likeness (QED) is 0.800. The third-order valence-corrected chi connectivity index (χ3v) is 3.82. The molecule has 94 valence electrons. The molecule has 0 spiro atoms. The van der Waals surface area contributed by atoms with Gasteiger partial charge in [-0.3, -0.25) is 4.21 Å². The highest BCUT2D eigenvalue weighted by atomic mass is 32.2. The van der Waals surface area contributed by atoms with Gasteiger partial charge in [-0.1, -0.05) is 12.1 Å². The first-order valence-electron chi connectivity index (χ1n) is 5.49. The molecule has 0 saturated heterocycles. The van der Waals surface area contributed by atoms with Gasteiger partial charge in [0, 0.05) is 11.9 Å². The van der Waals surface area contributed by atoms with E-state index >= 15 is 0 Å². The Hall–Kier alpha value is -1.62. The molecule has 1 atom stereocenters. The molecule has 1 heterocycles. The highest BCUT2D eigenvalue weighted by Crippen LogP contribution is 2.11. The average Bonchev–Trinajstić information content (AvgIpc) is 2.35. The Balaban J connectivity index is 2.16. The van der Waals surface area contributed by atoms with Gasteiger partial charge in [0.05, 0.1) is 16.6 Å². The van der Waals surface area contributed by atoms with Crippen molar-refractivity contribution in [3.8, 4) is 0 Å². The Morgan fingerprint density at radius 3 is 2.50 bits per heavy atom. The lowest BCUT2D eigenvalue weighted by Gasteiger charge is -2.03. The fourth-order valence-electron chi connectivity index (χ4n) is 1.41. The third kappa shape index (κ3) is 2.98. The highest BCUT2D eigenvalue weighted by Gasteiger charge is 2.09. The molecule has 0 amide bonds. The van der Waals surface area contributed by atoms with Crippen LogP contribution in [-0.2, 0) is 16.6 Å². The SMILES string of the molecule is Cc1cnc(S(=O)Cc2ccc(F)cc2)nc1C. The largest absolute Gasteiger partial charge is 0.251 e. The van der Waals surface area contributed by atoms with Gasteiger partial charge < -0.3 is 0 Å². The summed E-state index contributed by atoms with van der Waals surface area (Å²) in [5.41, 5.74) is 2.60. The lowest BCUT2D eigenvalue weighted by molar-refractivity contribution is 0.627. The molecule has 1 unspecified atom stereocenters. The summed E-state index contributed by atoms with van der Waals surface area (Å²) in [5, 5.41) is 0.322. The van der Waals surface area contributed by atoms with E-state index in [2.05, 4.69) is 9.97 Å². The van der Waals surface area contributed by atoms with Crippen molar-refractivity contribution in [2.45, 2.75) is 24.8 Å². The lowest BCUT2D eigenvalue weighted by Crippen LogP contribution is -2.04. The van der Waals surface area contributed by atoms with Crippen molar-refractivity contribution < 1.29 is 8.60 Å². The number of nitrogens with zero attached hydrogens (tertiary/aromatic N) is 2. The first kappa shape index (κ1) is 12.8. The minimum atomic E-state index is -1.30. The van der Waals surface area contributed by atoms with E-state index in [-0.39, 0.29) is 5.82 Å². The second-order valence-corrected chi connectivity index (χ2v) is 5.38. The van der Waals surface area contributed by atoms with Crippen molar-refractivity contribution >= 4 is 10.8 Å². The molecule has 1 aromatic heterocycles. The van der Waals surface area contributed by atoms with Gasteiger partial charge in [0.25, 0.3) is 0 Å². The minimum absolute atomic E-state index is 0.294. The Labute approximate surface area is 108 Å². The average molecular weight is 264 g/mol. The predicted molar refractivity (Wildman–Crippen MR) is 68.0 cm³/mol. The maximum Gasteiger partial charge on any atom is 0.219 e. The Morgan fingerprint density at radius 1 is 1.22 bits per heavy atom. The number of aryl methyl sites for hydroxylation is 2. The van der Waals surface area contributed by atoms with Crippen LogP contribution < -0.4 is 0 Å². The summed E-state index contributed by atoms with van der Waals surface area (Å²) in [7, 11) is -1.30. The van der Waals surface area contributed by atoms with E-state index in [1.54, 1.807) is 18.3 Å². The smallest absolute Gasteiger partial charge is 0.219 e. The summed E-state index contributed by atoms with van der Waals surface area (Å²) in [4.78, 5) is 8.27. The van der Waals surface area contributed by atoms with Crippen LogP contribution in [-0.4, -0.2) is 14.2 Å². The van der Waals surface area contributed by atoms with Crippen molar-refractivity contribution in [2.75, 3.05) is 0 Å². The second kappa shape index (κ2) is 5.35. The second-order valence-electron chi connectivity index (χ2n) is 4.04. The van der Waals surface area contributed by atoms with Crippen LogP contribution in [0.5, 0.6) is 0 Å². The van der Waals surface area contributed by atoms with E-state index in [1.807, 2.05) is 13.8 Å². The number of aromatic nitrogens is 2.